The molecule has 0 spiro atoms. The molecule has 0 atom stereocenters. The van der Waals surface area contributed by atoms with Crippen molar-refractivity contribution in [3.8, 4) is 0 Å². The number of hydrogen-bond acceptors (Lipinski definition) is 4. The summed E-state index contributed by atoms with van der Waals surface area (Å²) in [4.78, 5) is 6.24. The van der Waals surface area contributed by atoms with Crippen molar-refractivity contribution in [1.82, 2.24) is 14.7 Å². The summed E-state index contributed by atoms with van der Waals surface area (Å²) in [7, 11) is 12.1. The van der Waals surface area contributed by atoms with E-state index in [1.54, 1.807) is 0 Å². The molecule has 0 aromatic rings. The summed E-state index contributed by atoms with van der Waals surface area (Å²) < 4.78 is 5.66. The Kier molecular flexibility index (Phi) is 5.76. The van der Waals surface area contributed by atoms with Crippen LogP contribution in [0.2, 0.25) is 0 Å². The van der Waals surface area contributed by atoms with Gasteiger partial charge in [-0.2, -0.15) is 0 Å². The van der Waals surface area contributed by atoms with Crippen LogP contribution in [0.25, 0.3) is 0 Å². The normalized spacial score (nSPS) is 12.1. The van der Waals surface area contributed by atoms with Crippen LogP contribution in [0.4, 0.5) is 0 Å². The molecule has 0 aliphatic carbocycles. The van der Waals surface area contributed by atoms with Gasteiger partial charge < -0.3 is 4.74 Å². The molecule has 0 fully saturated rings. The van der Waals surface area contributed by atoms with Gasteiger partial charge in [-0.05, 0) is 49.2 Å². The Bertz CT molecular complexity index is 244. The lowest BCUT2D eigenvalue weighted by atomic mass is 10.2. The molecule has 0 N–H and O–H groups in total. The van der Waals surface area contributed by atoms with E-state index in [4.69, 9.17) is 4.74 Å². The number of nitrogens with zero attached hydrogens (tertiary/aromatic N) is 3. The predicted molar refractivity (Wildman–Crippen MR) is 68.1 cm³/mol. The Hall–Kier alpha value is -0.800. The van der Waals surface area contributed by atoms with Gasteiger partial charge in [-0.3, -0.25) is 14.7 Å². The third-order valence-corrected chi connectivity index (χ3v) is 2.62. The molecule has 0 aliphatic heterocycles. The molecule has 0 saturated heterocycles. The number of likely N-dealkylation sites (N-methyl/N-ethyl adjacent to an activating group) is 3. The lowest BCUT2D eigenvalue weighted by molar-refractivity contribution is -0.111. The van der Waals surface area contributed by atoms with Gasteiger partial charge in [0.15, 0.2) is 11.5 Å². The van der Waals surface area contributed by atoms with Gasteiger partial charge in [-0.25, -0.2) is 0 Å². The van der Waals surface area contributed by atoms with E-state index in [-0.39, 0.29) is 0 Å². The average molecular weight is 227 g/mol. The summed E-state index contributed by atoms with van der Waals surface area (Å²) in [5.41, 5.74) is 2.91. The minimum absolute atomic E-state index is 0.461. The number of rotatable bonds is 6. The molecule has 0 saturated carbocycles. The van der Waals surface area contributed by atoms with Crippen LogP contribution < -0.4 is 0 Å². The van der Waals surface area contributed by atoms with Gasteiger partial charge in [0.1, 0.15) is 0 Å². The smallest absolute Gasteiger partial charge is 0.197 e. The van der Waals surface area contributed by atoms with Crippen molar-refractivity contribution >= 4 is 0 Å². The molecule has 4 heteroatoms. The summed E-state index contributed by atoms with van der Waals surface area (Å²) in [6, 6.07) is 0. The molecule has 0 bridgehead atoms. The van der Waals surface area contributed by atoms with Crippen LogP contribution in [-0.2, 0) is 4.74 Å². The number of hydrogen-bond donors (Lipinski definition) is 0. The Morgan fingerprint density at radius 3 is 1.62 bits per heavy atom. The van der Waals surface area contributed by atoms with E-state index in [9.17, 15) is 0 Å². The van der Waals surface area contributed by atoms with Crippen molar-refractivity contribution in [3.63, 3.8) is 0 Å². The maximum Gasteiger partial charge on any atom is 0.197 e. The Morgan fingerprint density at radius 1 is 1.06 bits per heavy atom. The predicted octanol–water partition coefficient (Wildman–Crippen LogP) is 1.03. The molecular weight excluding hydrogens is 202 g/mol. The van der Waals surface area contributed by atoms with Gasteiger partial charge >= 0.3 is 0 Å². The molecule has 16 heavy (non-hydrogen) atoms. The van der Waals surface area contributed by atoms with Gasteiger partial charge in [-0.15, -0.1) is 0 Å². The second kappa shape index (κ2) is 6.06. The van der Waals surface area contributed by atoms with Crippen molar-refractivity contribution in [1.29, 1.82) is 0 Å². The van der Waals surface area contributed by atoms with Crippen LogP contribution in [-0.4, -0.2) is 69.4 Å². The highest BCUT2D eigenvalue weighted by Crippen LogP contribution is 2.27. The zero-order valence-electron chi connectivity index (χ0n) is 11.7. The molecule has 0 aromatic heterocycles. The summed E-state index contributed by atoms with van der Waals surface area (Å²) in [6.45, 7) is 6.29. The van der Waals surface area contributed by atoms with Crippen molar-refractivity contribution in [2.24, 2.45) is 0 Å². The molecule has 0 aliphatic rings. The van der Waals surface area contributed by atoms with Gasteiger partial charge in [0.05, 0.1) is 6.61 Å². The maximum atomic E-state index is 5.66. The van der Waals surface area contributed by atoms with Crippen LogP contribution in [0, 0.1) is 0 Å². The van der Waals surface area contributed by atoms with Crippen LogP contribution in [0.15, 0.2) is 18.1 Å². The Labute approximate surface area is 99.8 Å². The van der Waals surface area contributed by atoms with Crippen molar-refractivity contribution in [3.05, 3.63) is 18.1 Å². The molecular formula is C12H25N3O. The van der Waals surface area contributed by atoms with Crippen LogP contribution in [0.5, 0.6) is 0 Å². The first kappa shape index (κ1) is 15.2. The molecule has 0 rings (SSSR count). The molecule has 94 valence electrons. The fraction of sp³-hybridized carbons (Fsp3) is 0.750. The van der Waals surface area contributed by atoms with E-state index in [0.29, 0.717) is 6.61 Å². The fourth-order valence-electron chi connectivity index (χ4n) is 2.22. The van der Waals surface area contributed by atoms with Gasteiger partial charge in [-0.1, -0.05) is 12.3 Å². The maximum absolute atomic E-state index is 5.66. The van der Waals surface area contributed by atoms with Crippen molar-refractivity contribution in [2.75, 3.05) is 48.9 Å². The Balaban J connectivity index is 5.60. The lowest BCUT2D eigenvalue weighted by Gasteiger charge is -2.49. The van der Waals surface area contributed by atoms with Crippen LogP contribution >= 0.6 is 0 Å². The molecule has 0 amide bonds. The topological polar surface area (TPSA) is 19.0 Å². The average Bonchev–Trinajstić information content (AvgIpc) is 2.15. The second-order valence-corrected chi connectivity index (χ2v) is 4.26. The SMILES string of the molecule is C=C=C(OCC)C(N(C)C)(N(C)C)N(C)C. The fourth-order valence-corrected chi connectivity index (χ4v) is 2.22. The second-order valence-electron chi connectivity index (χ2n) is 4.26. The first-order chi connectivity index (χ1) is 7.35. The molecule has 0 radical (unpaired) electrons. The minimum Gasteiger partial charge on any atom is -0.485 e. The lowest BCUT2D eigenvalue weighted by Crippen LogP contribution is -2.65. The third-order valence-electron chi connectivity index (χ3n) is 2.62. The summed E-state index contributed by atoms with van der Waals surface area (Å²) >= 11 is 0. The molecule has 0 aromatic carbocycles. The van der Waals surface area contributed by atoms with Crippen LogP contribution in [0.3, 0.4) is 0 Å². The van der Waals surface area contributed by atoms with Crippen molar-refractivity contribution in [2.45, 2.75) is 12.7 Å². The summed E-state index contributed by atoms with van der Waals surface area (Å²) in [6.07, 6.45) is 0. The minimum atomic E-state index is -0.461. The molecule has 0 heterocycles. The third kappa shape index (κ3) is 2.47. The summed E-state index contributed by atoms with van der Waals surface area (Å²) in [5.74, 6) is 0.257. The van der Waals surface area contributed by atoms with E-state index in [0.717, 1.165) is 5.76 Å². The standard InChI is InChI=1S/C12H25N3O/c1-9-11(16-10-2)12(13(3)4,14(5)6)15(7)8/h1,10H2,2-8H3. The van der Waals surface area contributed by atoms with E-state index in [1.807, 2.05) is 49.2 Å². The largest absolute Gasteiger partial charge is 0.485 e. The zero-order chi connectivity index (χ0) is 12.9. The first-order valence-electron chi connectivity index (χ1n) is 5.41. The van der Waals surface area contributed by atoms with E-state index < -0.39 is 5.79 Å². The van der Waals surface area contributed by atoms with Gasteiger partial charge in [0, 0.05) is 0 Å². The highest BCUT2D eigenvalue weighted by Gasteiger charge is 2.43. The molecule has 0 unspecified atom stereocenters. The van der Waals surface area contributed by atoms with Gasteiger partial charge in [0.25, 0.3) is 0 Å². The summed E-state index contributed by atoms with van der Waals surface area (Å²) in [5, 5.41) is 0. The first-order valence-corrected chi connectivity index (χ1v) is 5.41. The van der Waals surface area contributed by atoms with Gasteiger partial charge in [0.2, 0.25) is 0 Å². The van der Waals surface area contributed by atoms with Crippen LogP contribution in [0.1, 0.15) is 6.92 Å². The Morgan fingerprint density at radius 2 is 1.44 bits per heavy atom. The highest BCUT2D eigenvalue weighted by molar-refractivity contribution is 5.10. The quantitative estimate of drug-likeness (QED) is 0.383. The van der Waals surface area contributed by atoms with Crippen molar-refractivity contribution < 1.29 is 4.74 Å². The number of ether oxygens (including phenoxy) is 1. The monoisotopic (exact) mass is 227 g/mol. The van der Waals surface area contributed by atoms with E-state index in [2.05, 4.69) is 27.0 Å². The van der Waals surface area contributed by atoms with E-state index >= 15 is 0 Å². The highest BCUT2D eigenvalue weighted by atomic mass is 16.5. The van der Waals surface area contributed by atoms with E-state index in [1.165, 1.54) is 0 Å². The zero-order valence-corrected chi connectivity index (χ0v) is 11.7. The molecule has 4 nitrogen and oxygen atoms in total.